The molecule has 0 saturated heterocycles. The number of amides is 2. The second kappa shape index (κ2) is 5.58. The maximum atomic E-state index is 11.4. The van der Waals surface area contributed by atoms with Crippen molar-refractivity contribution in [1.29, 1.82) is 0 Å². The van der Waals surface area contributed by atoms with Gasteiger partial charge in [-0.3, -0.25) is 0 Å². The number of halogens is 1. The highest BCUT2D eigenvalue weighted by Crippen LogP contribution is 2.12. The molecule has 0 spiro atoms. The summed E-state index contributed by atoms with van der Waals surface area (Å²) in [5.74, 6) is 0. The summed E-state index contributed by atoms with van der Waals surface area (Å²) in [5, 5.41) is 5.99. The molecule has 1 rings (SSSR count). The first-order valence-electron chi connectivity index (χ1n) is 4.65. The minimum atomic E-state index is -0.268. The maximum absolute atomic E-state index is 11.4. The van der Waals surface area contributed by atoms with Crippen LogP contribution in [0.2, 0.25) is 5.02 Å². The predicted octanol–water partition coefficient (Wildman–Crippen LogP) is 1.81. The van der Waals surface area contributed by atoms with Gasteiger partial charge in [0.15, 0.2) is 0 Å². The third-order valence-electron chi connectivity index (χ3n) is 1.83. The van der Waals surface area contributed by atoms with E-state index < -0.39 is 0 Å². The van der Waals surface area contributed by atoms with Crippen LogP contribution in [0.4, 0.5) is 10.5 Å². The monoisotopic (exact) mass is 227 g/mol. The van der Waals surface area contributed by atoms with E-state index in [1.165, 1.54) is 0 Å². The van der Waals surface area contributed by atoms with E-state index >= 15 is 0 Å². The highest BCUT2D eigenvalue weighted by molar-refractivity contribution is 6.30. The molecule has 0 bridgehead atoms. The van der Waals surface area contributed by atoms with E-state index in [2.05, 4.69) is 10.6 Å². The van der Waals surface area contributed by atoms with Crippen LogP contribution in [-0.2, 0) is 0 Å². The normalized spacial score (nSPS) is 11.9. The van der Waals surface area contributed by atoms with Gasteiger partial charge in [0.05, 0.1) is 0 Å². The number of benzene rings is 1. The second-order valence-corrected chi connectivity index (χ2v) is 3.68. The largest absolute Gasteiger partial charge is 0.334 e. The number of nitrogens with one attached hydrogen (secondary N) is 2. The van der Waals surface area contributed by atoms with Crippen molar-refractivity contribution in [3.8, 4) is 0 Å². The number of nitrogens with two attached hydrogens (primary N) is 1. The van der Waals surface area contributed by atoms with Crippen LogP contribution >= 0.6 is 11.6 Å². The molecule has 0 aliphatic carbocycles. The Morgan fingerprint density at radius 3 is 2.60 bits per heavy atom. The smallest absolute Gasteiger partial charge is 0.319 e. The van der Waals surface area contributed by atoms with E-state index in [-0.39, 0.29) is 12.1 Å². The molecule has 0 unspecified atom stereocenters. The Hall–Kier alpha value is -1.26. The number of carbonyl (C=O) groups is 1. The van der Waals surface area contributed by atoms with E-state index in [0.717, 1.165) is 0 Å². The van der Waals surface area contributed by atoms with Crippen molar-refractivity contribution in [1.82, 2.24) is 5.32 Å². The summed E-state index contributed by atoms with van der Waals surface area (Å²) in [6.45, 7) is 2.25. The van der Waals surface area contributed by atoms with Crippen molar-refractivity contribution >= 4 is 23.3 Å². The summed E-state index contributed by atoms with van der Waals surface area (Å²) >= 11 is 5.71. The average molecular weight is 228 g/mol. The number of hydrogen-bond donors (Lipinski definition) is 3. The Balaban J connectivity index is 2.48. The van der Waals surface area contributed by atoms with Crippen LogP contribution < -0.4 is 16.4 Å². The molecule has 4 nitrogen and oxygen atoms in total. The molecule has 0 aliphatic rings. The van der Waals surface area contributed by atoms with Crippen LogP contribution in [-0.4, -0.2) is 18.6 Å². The summed E-state index contributed by atoms with van der Waals surface area (Å²) < 4.78 is 0. The Bertz CT molecular complexity index is 326. The second-order valence-electron chi connectivity index (χ2n) is 3.24. The van der Waals surface area contributed by atoms with Crippen molar-refractivity contribution in [2.75, 3.05) is 11.9 Å². The van der Waals surface area contributed by atoms with Gasteiger partial charge in [-0.2, -0.15) is 0 Å². The third kappa shape index (κ3) is 4.18. The summed E-state index contributed by atoms with van der Waals surface area (Å²) in [5.41, 5.74) is 6.07. The van der Waals surface area contributed by atoms with Gasteiger partial charge in [-0.25, -0.2) is 4.79 Å². The van der Waals surface area contributed by atoms with Crippen molar-refractivity contribution in [3.63, 3.8) is 0 Å². The lowest BCUT2D eigenvalue weighted by atomic mass is 10.3. The number of rotatable bonds is 3. The van der Waals surface area contributed by atoms with Gasteiger partial charge in [0.25, 0.3) is 0 Å². The lowest BCUT2D eigenvalue weighted by molar-refractivity contribution is 0.249. The molecule has 1 atom stereocenters. The first-order valence-corrected chi connectivity index (χ1v) is 5.02. The molecule has 15 heavy (non-hydrogen) atoms. The molecule has 0 saturated carbocycles. The van der Waals surface area contributed by atoms with Crippen LogP contribution in [0, 0.1) is 0 Å². The molecule has 1 aromatic rings. The summed E-state index contributed by atoms with van der Waals surface area (Å²) in [6, 6.07) is 6.57. The lowest BCUT2D eigenvalue weighted by Crippen LogP contribution is -2.40. The van der Waals surface area contributed by atoms with Gasteiger partial charge in [-0.15, -0.1) is 0 Å². The standard InChI is InChI=1S/C10H14ClN3O/c1-7(6-12)13-10(15)14-9-4-2-8(11)3-5-9/h2-5,7H,6,12H2,1H3,(H2,13,14,15)/t7-/m1/s1. The first kappa shape index (κ1) is 11.8. The van der Waals surface area contributed by atoms with Gasteiger partial charge in [-0.05, 0) is 31.2 Å². The highest BCUT2D eigenvalue weighted by atomic mass is 35.5. The Labute approximate surface area is 93.8 Å². The highest BCUT2D eigenvalue weighted by Gasteiger charge is 2.04. The van der Waals surface area contributed by atoms with Crippen LogP contribution in [0.25, 0.3) is 0 Å². The van der Waals surface area contributed by atoms with Gasteiger partial charge in [0, 0.05) is 23.3 Å². The minimum absolute atomic E-state index is 0.0442. The molecule has 2 amide bonds. The van der Waals surface area contributed by atoms with Crippen molar-refractivity contribution in [2.45, 2.75) is 13.0 Å². The molecule has 4 N–H and O–H groups in total. The van der Waals surface area contributed by atoms with Crippen molar-refractivity contribution in [3.05, 3.63) is 29.3 Å². The van der Waals surface area contributed by atoms with Crippen LogP contribution in [0.3, 0.4) is 0 Å². The van der Waals surface area contributed by atoms with Crippen LogP contribution in [0.1, 0.15) is 6.92 Å². The zero-order valence-corrected chi connectivity index (χ0v) is 9.21. The van der Waals surface area contributed by atoms with E-state index in [9.17, 15) is 4.79 Å². The number of anilines is 1. The molecule has 5 heteroatoms. The summed E-state index contributed by atoms with van der Waals surface area (Å²) in [7, 11) is 0. The Morgan fingerprint density at radius 2 is 2.07 bits per heavy atom. The van der Waals surface area contributed by atoms with E-state index in [4.69, 9.17) is 17.3 Å². The zero-order valence-electron chi connectivity index (χ0n) is 8.46. The van der Waals surface area contributed by atoms with Crippen LogP contribution in [0.5, 0.6) is 0 Å². The molecule has 0 aliphatic heterocycles. The first-order chi connectivity index (χ1) is 7.11. The minimum Gasteiger partial charge on any atom is -0.334 e. The van der Waals surface area contributed by atoms with Gasteiger partial charge in [-0.1, -0.05) is 11.6 Å². The van der Waals surface area contributed by atoms with E-state index in [1.54, 1.807) is 24.3 Å². The fourth-order valence-corrected chi connectivity index (χ4v) is 1.11. The topological polar surface area (TPSA) is 67.1 Å². The molecule has 82 valence electrons. The quantitative estimate of drug-likeness (QED) is 0.737. The average Bonchev–Trinajstić information content (AvgIpc) is 2.21. The Kier molecular flexibility index (Phi) is 4.39. The molecule has 0 aromatic heterocycles. The molecular formula is C10H14ClN3O. The van der Waals surface area contributed by atoms with Gasteiger partial charge in [0.2, 0.25) is 0 Å². The SMILES string of the molecule is C[C@H](CN)NC(=O)Nc1ccc(Cl)cc1. The van der Waals surface area contributed by atoms with E-state index in [0.29, 0.717) is 17.3 Å². The molecule has 1 aromatic carbocycles. The fraction of sp³-hybridized carbons (Fsp3) is 0.300. The van der Waals surface area contributed by atoms with Gasteiger partial charge < -0.3 is 16.4 Å². The lowest BCUT2D eigenvalue weighted by Gasteiger charge is -2.12. The maximum Gasteiger partial charge on any atom is 0.319 e. The van der Waals surface area contributed by atoms with Crippen LogP contribution in [0.15, 0.2) is 24.3 Å². The third-order valence-corrected chi connectivity index (χ3v) is 2.09. The molecule has 0 fully saturated rings. The number of carbonyl (C=O) groups excluding carboxylic acids is 1. The molecule has 0 heterocycles. The Morgan fingerprint density at radius 1 is 1.47 bits per heavy atom. The fourth-order valence-electron chi connectivity index (χ4n) is 0.983. The zero-order chi connectivity index (χ0) is 11.3. The van der Waals surface area contributed by atoms with Crippen molar-refractivity contribution < 1.29 is 4.79 Å². The summed E-state index contributed by atoms with van der Waals surface area (Å²) in [6.07, 6.45) is 0. The molecular weight excluding hydrogens is 214 g/mol. The predicted molar refractivity (Wildman–Crippen MR) is 62.1 cm³/mol. The summed E-state index contributed by atoms with van der Waals surface area (Å²) in [4.78, 5) is 11.4. The molecule has 0 radical (unpaired) electrons. The van der Waals surface area contributed by atoms with Crippen molar-refractivity contribution in [2.24, 2.45) is 5.73 Å². The van der Waals surface area contributed by atoms with E-state index in [1.807, 2.05) is 6.92 Å². The number of hydrogen-bond acceptors (Lipinski definition) is 2. The number of urea groups is 1. The van der Waals surface area contributed by atoms with Gasteiger partial charge in [0.1, 0.15) is 0 Å². The van der Waals surface area contributed by atoms with Gasteiger partial charge >= 0.3 is 6.03 Å².